The molecule has 0 radical (unpaired) electrons. The third kappa shape index (κ3) is 1.72. The Hall–Kier alpha value is -1.49. The Morgan fingerprint density at radius 2 is 2.29 bits per heavy atom. The predicted octanol–water partition coefficient (Wildman–Crippen LogP) is 1.83. The number of nitrogens with zero attached hydrogens (tertiary/aromatic N) is 4. The average Bonchev–Trinajstić information content (AvgIpc) is 2.68. The van der Waals surface area contributed by atoms with Crippen molar-refractivity contribution in [3.8, 4) is 11.5 Å². The third-order valence-electron chi connectivity index (χ3n) is 1.57. The Kier molecular flexibility index (Phi) is 2.41. The second-order valence-electron chi connectivity index (χ2n) is 2.66. The molecule has 0 saturated heterocycles. The molecule has 1 unspecified atom stereocenters. The zero-order chi connectivity index (χ0) is 9.97. The molecule has 2 rings (SSSR count). The molecule has 5 nitrogen and oxygen atoms in total. The minimum Gasteiger partial charge on any atom is -0.337 e. The van der Waals surface area contributed by atoms with E-state index >= 15 is 0 Å². The summed E-state index contributed by atoms with van der Waals surface area (Å²) in [5.74, 6) is 0.785. The van der Waals surface area contributed by atoms with E-state index in [1.165, 1.54) is 0 Å². The van der Waals surface area contributed by atoms with Gasteiger partial charge in [-0.3, -0.25) is 4.98 Å². The molecule has 0 spiro atoms. The number of halogens is 1. The molecule has 14 heavy (non-hydrogen) atoms. The van der Waals surface area contributed by atoms with E-state index in [-0.39, 0.29) is 5.38 Å². The number of hydrogen-bond donors (Lipinski definition) is 0. The molecule has 6 heteroatoms. The minimum absolute atomic E-state index is 0.298. The van der Waals surface area contributed by atoms with Gasteiger partial charge in [-0.05, 0) is 6.92 Å². The van der Waals surface area contributed by atoms with E-state index in [2.05, 4.69) is 20.1 Å². The van der Waals surface area contributed by atoms with E-state index < -0.39 is 0 Å². The predicted molar refractivity (Wildman–Crippen MR) is 49.6 cm³/mol. The number of hydrogen-bond acceptors (Lipinski definition) is 5. The highest BCUT2D eigenvalue weighted by Gasteiger charge is 2.13. The second kappa shape index (κ2) is 3.71. The van der Waals surface area contributed by atoms with Gasteiger partial charge in [0.2, 0.25) is 11.7 Å². The molecular formula is C8H7ClN4O. The van der Waals surface area contributed by atoms with Crippen LogP contribution in [0.4, 0.5) is 0 Å². The third-order valence-corrected chi connectivity index (χ3v) is 1.76. The first kappa shape index (κ1) is 9.08. The van der Waals surface area contributed by atoms with Crippen molar-refractivity contribution in [2.45, 2.75) is 12.3 Å². The standard InChI is InChI=1S/C8H7ClN4O/c1-5(9)8-12-7(13-14-8)6-4-10-2-3-11-6/h2-5H,1H3. The lowest BCUT2D eigenvalue weighted by molar-refractivity contribution is 0.379. The normalized spacial score (nSPS) is 12.7. The summed E-state index contributed by atoms with van der Waals surface area (Å²) in [6.45, 7) is 1.76. The summed E-state index contributed by atoms with van der Waals surface area (Å²) >= 11 is 5.77. The molecule has 0 aliphatic heterocycles. The van der Waals surface area contributed by atoms with E-state index in [1.807, 2.05) is 0 Å². The highest BCUT2D eigenvalue weighted by atomic mass is 35.5. The van der Waals surface area contributed by atoms with Gasteiger partial charge in [-0.15, -0.1) is 11.6 Å². The van der Waals surface area contributed by atoms with Gasteiger partial charge in [0.15, 0.2) is 0 Å². The van der Waals surface area contributed by atoms with Crippen molar-refractivity contribution in [3.63, 3.8) is 0 Å². The fourth-order valence-electron chi connectivity index (χ4n) is 0.915. The summed E-state index contributed by atoms with van der Waals surface area (Å²) < 4.78 is 4.92. The second-order valence-corrected chi connectivity index (χ2v) is 3.32. The van der Waals surface area contributed by atoms with Gasteiger partial charge in [0.25, 0.3) is 0 Å². The zero-order valence-electron chi connectivity index (χ0n) is 7.38. The van der Waals surface area contributed by atoms with Gasteiger partial charge < -0.3 is 4.52 Å². The monoisotopic (exact) mass is 210 g/mol. The first-order valence-electron chi connectivity index (χ1n) is 4.01. The molecule has 1 atom stereocenters. The largest absolute Gasteiger partial charge is 0.337 e. The van der Waals surface area contributed by atoms with Gasteiger partial charge in [0.05, 0.1) is 6.20 Å². The van der Waals surface area contributed by atoms with Gasteiger partial charge in [-0.25, -0.2) is 4.98 Å². The van der Waals surface area contributed by atoms with Crippen LogP contribution in [-0.2, 0) is 0 Å². The lowest BCUT2D eigenvalue weighted by Crippen LogP contribution is -1.87. The van der Waals surface area contributed by atoms with Crippen LogP contribution >= 0.6 is 11.6 Å². The van der Waals surface area contributed by atoms with Crippen LogP contribution in [0, 0.1) is 0 Å². The molecule has 0 amide bonds. The van der Waals surface area contributed by atoms with E-state index in [0.29, 0.717) is 17.4 Å². The highest BCUT2D eigenvalue weighted by Crippen LogP contribution is 2.19. The van der Waals surface area contributed by atoms with Gasteiger partial charge in [-0.1, -0.05) is 5.16 Å². The maximum absolute atomic E-state index is 5.77. The van der Waals surface area contributed by atoms with Crippen molar-refractivity contribution < 1.29 is 4.52 Å². The van der Waals surface area contributed by atoms with Crippen LogP contribution in [0.1, 0.15) is 18.2 Å². The summed E-state index contributed by atoms with van der Waals surface area (Å²) in [5, 5.41) is 3.44. The van der Waals surface area contributed by atoms with Gasteiger partial charge in [0, 0.05) is 12.4 Å². The quantitative estimate of drug-likeness (QED) is 0.708. The molecule has 2 heterocycles. The average molecular weight is 211 g/mol. The van der Waals surface area contributed by atoms with Crippen LogP contribution in [0.3, 0.4) is 0 Å². The molecule has 2 aromatic rings. The Labute approximate surface area is 85.1 Å². The lowest BCUT2D eigenvalue weighted by Gasteiger charge is -1.90. The first-order chi connectivity index (χ1) is 6.77. The van der Waals surface area contributed by atoms with E-state index in [1.54, 1.807) is 25.5 Å². The summed E-state index contributed by atoms with van der Waals surface area (Å²) in [6, 6.07) is 0. The maximum Gasteiger partial charge on any atom is 0.244 e. The highest BCUT2D eigenvalue weighted by molar-refractivity contribution is 6.20. The molecule has 0 N–H and O–H groups in total. The van der Waals surface area contributed by atoms with Crippen LogP contribution in [0.5, 0.6) is 0 Å². The van der Waals surface area contributed by atoms with Crippen molar-refractivity contribution in [2.75, 3.05) is 0 Å². The summed E-state index contributed by atoms with van der Waals surface area (Å²) in [5.41, 5.74) is 0.569. The van der Waals surface area contributed by atoms with Crippen LogP contribution < -0.4 is 0 Å². The van der Waals surface area contributed by atoms with Gasteiger partial charge in [0.1, 0.15) is 11.1 Å². The molecule has 0 aliphatic rings. The zero-order valence-corrected chi connectivity index (χ0v) is 8.14. The van der Waals surface area contributed by atoms with Crippen molar-refractivity contribution in [1.82, 2.24) is 20.1 Å². The van der Waals surface area contributed by atoms with E-state index in [0.717, 1.165) is 0 Å². The molecule has 0 saturated carbocycles. The lowest BCUT2D eigenvalue weighted by atomic mass is 10.4. The van der Waals surface area contributed by atoms with E-state index in [9.17, 15) is 0 Å². The van der Waals surface area contributed by atoms with Gasteiger partial charge in [-0.2, -0.15) is 4.98 Å². The van der Waals surface area contributed by atoms with Crippen molar-refractivity contribution >= 4 is 11.6 Å². The van der Waals surface area contributed by atoms with Crippen molar-refractivity contribution in [1.29, 1.82) is 0 Å². The SMILES string of the molecule is CC(Cl)c1nc(-c2cnccn2)no1. The van der Waals surface area contributed by atoms with Crippen LogP contribution in [0.15, 0.2) is 23.1 Å². The number of alkyl halides is 1. The van der Waals surface area contributed by atoms with Crippen molar-refractivity contribution in [2.24, 2.45) is 0 Å². The molecule has 0 fully saturated rings. The summed E-state index contributed by atoms with van der Waals surface area (Å²) in [6.07, 6.45) is 4.71. The maximum atomic E-state index is 5.77. The Bertz CT molecular complexity index is 414. The molecule has 0 aliphatic carbocycles. The van der Waals surface area contributed by atoms with Crippen LogP contribution in [-0.4, -0.2) is 20.1 Å². The van der Waals surface area contributed by atoms with Crippen LogP contribution in [0.25, 0.3) is 11.5 Å². The number of aromatic nitrogens is 4. The molecule has 0 bridgehead atoms. The van der Waals surface area contributed by atoms with Crippen LogP contribution in [0.2, 0.25) is 0 Å². The Balaban J connectivity index is 2.34. The molecule has 2 aromatic heterocycles. The summed E-state index contributed by atoms with van der Waals surface area (Å²) in [7, 11) is 0. The molecule has 72 valence electrons. The molecular weight excluding hydrogens is 204 g/mol. The minimum atomic E-state index is -0.298. The summed E-state index contributed by atoms with van der Waals surface area (Å²) in [4.78, 5) is 12.0. The molecule has 0 aromatic carbocycles. The number of rotatable bonds is 2. The smallest absolute Gasteiger partial charge is 0.244 e. The topological polar surface area (TPSA) is 64.7 Å². The Morgan fingerprint density at radius 1 is 1.43 bits per heavy atom. The van der Waals surface area contributed by atoms with Crippen molar-refractivity contribution in [3.05, 3.63) is 24.5 Å². The fourth-order valence-corrected chi connectivity index (χ4v) is 1.00. The van der Waals surface area contributed by atoms with E-state index in [4.69, 9.17) is 16.1 Å². The van der Waals surface area contributed by atoms with Gasteiger partial charge >= 0.3 is 0 Å². The first-order valence-corrected chi connectivity index (χ1v) is 4.45. The fraction of sp³-hybridized carbons (Fsp3) is 0.250. The Morgan fingerprint density at radius 3 is 2.86 bits per heavy atom.